The Labute approximate surface area is 74.9 Å². The number of rotatable bonds is 1. The van der Waals surface area contributed by atoms with Gasteiger partial charge < -0.3 is 5.11 Å². The van der Waals surface area contributed by atoms with Gasteiger partial charge in [0.2, 0.25) is 0 Å². The fourth-order valence-corrected chi connectivity index (χ4v) is 0.988. The van der Waals surface area contributed by atoms with Crippen LogP contribution in [-0.2, 0) is 0 Å². The minimum Gasteiger partial charge on any atom is -0.506 e. The molecule has 0 saturated heterocycles. The predicted octanol–water partition coefficient (Wildman–Crippen LogP) is 1.24. The number of hydrogen-bond acceptors (Lipinski definition) is 4. The standard InChI is InChI=1S/C9H7N3O/c13-8-1-2-9(12-5-8)7-3-10-6-11-4-7/h1-6,13H. The molecule has 0 fully saturated rings. The molecule has 2 rings (SSSR count). The highest BCUT2D eigenvalue weighted by atomic mass is 16.3. The van der Waals surface area contributed by atoms with Gasteiger partial charge in [0.15, 0.2) is 0 Å². The van der Waals surface area contributed by atoms with Crippen molar-refractivity contribution in [1.29, 1.82) is 0 Å². The van der Waals surface area contributed by atoms with Crippen LogP contribution in [0, 0.1) is 0 Å². The largest absolute Gasteiger partial charge is 0.506 e. The lowest BCUT2D eigenvalue weighted by atomic mass is 10.2. The van der Waals surface area contributed by atoms with Crippen LogP contribution < -0.4 is 0 Å². The van der Waals surface area contributed by atoms with Gasteiger partial charge >= 0.3 is 0 Å². The third kappa shape index (κ3) is 1.61. The minimum absolute atomic E-state index is 0.153. The lowest BCUT2D eigenvalue weighted by Crippen LogP contribution is -1.84. The number of nitrogens with zero attached hydrogens (tertiary/aromatic N) is 3. The normalized spacial score (nSPS) is 9.85. The molecule has 4 heteroatoms. The summed E-state index contributed by atoms with van der Waals surface area (Å²) >= 11 is 0. The molecule has 0 aliphatic carbocycles. The fraction of sp³-hybridized carbons (Fsp3) is 0. The maximum atomic E-state index is 9.01. The van der Waals surface area contributed by atoms with Gasteiger partial charge in [0.1, 0.15) is 12.1 Å². The summed E-state index contributed by atoms with van der Waals surface area (Å²) in [5.41, 5.74) is 1.58. The fourth-order valence-electron chi connectivity index (χ4n) is 0.988. The molecule has 64 valence electrons. The molecule has 1 N–H and O–H groups in total. The van der Waals surface area contributed by atoms with Gasteiger partial charge in [-0.2, -0.15) is 0 Å². The van der Waals surface area contributed by atoms with Crippen LogP contribution in [0.4, 0.5) is 0 Å². The molecule has 0 amide bonds. The molecule has 2 heterocycles. The third-order valence-electron chi connectivity index (χ3n) is 1.60. The Balaban J connectivity index is 2.42. The number of pyridine rings is 1. The molecule has 0 aliphatic heterocycles. The van der Waals surface area contributed by atoms with Crippen LogP contribution in [0.5, 0.6) is 5.75 Å². The van der Waals surface area contributed by atoms with E-state index in [1.54, 1.807) is 24.5 Å². The SMILES string of the molecule is Oc1ccc(-c2cncnc2)nc1. The molecule has 0 unspecified atom stereocenters. The summed E-state index contributed by atoms with van der Waals surface area (Å²) in [6, 6.07) is 3.30. The van der Waals surface area contributed by atoms with Crippen molar-refractivity contribution in [3.05, 3.63) is 37.1 Å². The Kier molecular flexibility index (Phi) is 1.88. The number of hydrogen-bond donors (Lipinski definition) is 1. The minimum atomic E-state index is 0.153. The van der Waals surface area contributed by atoms with E-state index in [0.717, 1.165) is 11.3 Å². The Morgan fingerprint density at radius 2 is 1.77 bits per heavy atom. The van der Waals surface area contributed by atoms with Gasteiger partial charge in [0.05, 0.1) is 11.9 Å². The topological polar surface area (TPSA) is 58.9 Å². The summed E-state index contributed by atoms with van der Waals surface area (Å²) in [6.45, 7) is 0. The first-order valence-electron chi connectivity index (χ1n) is 3.76. The molecule has 2 aromatic rings. The summed E-state index contributed by atoms with van der Waals surface area (Å²) in [5.74, 6) is 0.153. The van der Waals surface area contributed by atoms with E-state index in [-0.39, 0.29) is 5.75 Å². The van der Waals surface area contributed by atoms with E-state index in [1.165, 1.54) is 12.5 Å². The molecule has 0 aromatic carbocycles. The average molecular weight is 173 g/mol. The van der Waals surface area contributed by atoms with Crippen LogP contribution in [0.15, 0.2) is 37.1 Å². The molecular weight excluding hydrogens is 166 g/mol. The summed E-state index contributed by atoms with van der Waals surface area (Å²) in [5, 5.41) is 9.01. The highest BCUT2D eigenvalue weighted by molar-refractivity contribution is 5.56. The second-order valence-corrected chi connectivity index (χ2v) is 2.53. The highest BCUT2D eigenvalue weighted by Crippen LogP contribution is 2.16. The van der Waals surface area contributed by atoms with Crippen molar-refractivity contribution in [1.82, 2.24) is 15.0 Å². The molecule has 0 atom stereocenters. The van der Waals surface area contributed by atoms with E-state index in [1.807, 2.05) is 0 Å². The van der Waals surface area contributed by atoms with E-state index >= 15 is 0 Å². The molecule has 0 bridgehead atoms. The molecule has 4 nitrogen and oxygen atoms in total. The summed E-state index contributed by atoms with van der Waals surface area (Å²) < 4.78 is 0. The van der Waals surface area contributed by atoms with Crippen molar-refractivity contribution >= 4 is 0 Å². The Morgan fingerprint density at radius 3 is 2.38 bits per heavy atom. The zero-order valence-corrected chi connectivity index (χ0v) is 6.75. The molecule has 0 saturated carbocycles. The second kappa shape index (κ2) is 3.18. The first-order chi connectivity index (χ1) is 6.36. The number of aromatic nitrogens is 3. The Hall–Kier alpha value is -1.97. The van der Waals surface area contributed by atoms with Gasteiger partial charge in [-0.1, -0.05) is 0 Å². The van der Waals surface area contributed by atoms with Crippen LogP contribution in [0.2, 0.25) is 0 Å². The monoisotopic (exact) mass is 173 g/mol. The summed E-state index contributed by atoms with van der Waals surface area (Å²) in [6.07, 6.45) is 6.20. The maximum Gasteiger partial charge on any atom is 0.133 e. The molecule has 0 aliphatic rings. The molecule has 2 aromatic heterocycles. The number of aromatic hydroxyl groups is 1. The van der Waals surface area contributed by atoms with E-state index in [9.17, 15) is 0 Å². The van der Waals surface area contributed by atoms with E-state index in [4.69, 9.17) is 5.11 Å². The van der Waals surface area contributed by atoms with Crippen molar-refractivity contribution in [2.24, 2.45) is 0 Å². The molecule has 13 heavy (non-hydrogen) atoms. The van der Waals surface area contributed by atoms with Crippen molar-refractivity contribution < 1.29 is 5.11 Å². The molecule has 0 radical (unpaired) electrons. The average Bonchev–Trinajstić information content (AvgIpc) is 2.20. The van der Waals surface area contributed by atoms with Crippen LogP contribution in [0.1, 0.15) is 0 Å². The quantitative estimate of drug-likeness (QED) is 0.704. The zero-order valence-electron chi connectivity index (χ0n) is 6.75. The maximum absolute atomic E-state index is 9.01. The smallest absolute Gasteiger partial charge is 0.133 e. The van der Waals surface area contributed by atoms with E-state index in [0.29, 0.717) is 0 Å². The zero-order chi connectivity index (χ0) is 9.10. The van der Waals surface area contributed by atoms with Gasteiger partial charge in [-0.3, -0.25) is 4.98 Å². The Morgan fingerprint density at radius 1 is 1.00 bits per heavy atom. The summed E-state index contributed by atoms with van der Waals surface area (Å²) in [7, 11) is 0. The van der Waals surface area contributed by atoms with Crippen molar-refractivity contribution in [3.63, 3.8) is 0 Å². The van der Waals surface area contributed by atoms with Gasteiger partial charge in [-0.15, -0.1) is 0 Å². The second-order valence-electron chi connectivity index (χ2n) is 2.53. The van der Waals surface area contributed by atoms with Gasteiger partial charge in [0, 0.05) is 18.0 Å². The summed E-state index contributed by atoms with van der Waals surface area (Å²) in [4.78, 5) is 11.8. The van der Waals surface area contributed by atoms with Gasteiger partial charge in [-0.05, 0) is 12.1 Å². The van der Waals surface area contributed by atoms with E-state index < -0.39 is 0 Å². The molecular formula is C9H7N3O. The van der Waals surface area contributed by atoms with Crippen LogP contribution >= 0.6 is 0 Å². The lowest BCUT2D eigenvalue weighted by molar-refractivity contribution is 0.473. The van der Waals surface area contributed by atoms with Crippen molar-refractivity contribution in [3.8, 4) is 17.0 Å². The third-order valence-corrected chi connectivity index (χ3v) is 1.60. The first-order valence-corrected chi connectivity index (χ1v) is 3.76. The van der Waals surface area contributed by atoms with Crippen LogP contribution in [0.25, 0.3) is 11.3 Å². The first kappa shape index (κ1) is 7.67. The Bertz CT molecular complexity index is 385. The van der Waals surface area contributed by atoms with Crippen LogP contribution in [0.3, 0.4) is 0 Å². The van der Waals surface area contributed by atoms with Crippen molar-refractivity contribution in [2.75, 3.05) is 0 Å². The van der Waals surface area contributed by atoms with Crippen LogP contribution in [-0.4, -0.2) is 20.1 Å². The predicted molar refractivity (Wildman–Crippen MR) is 46.9 cm³/mol. The highest BCUT2D eigenvalue weighted by Gasteiger charge is 1.98. The van der Waals surface area contributed by atoms with Crippen molar-refractivity contribution in [2.45, 2.75) is 0 Å². The van der Waals surface area contributed by atoms with Gasteiger partial charge in [-0.25, -0.2) is 9.97 Å². The van der Waals surface area contributed by atoms with E-state index in [2.05, 4.69) is 15.0 Å². The van der Waals surface area contributed by atoms with Gasteiger partial charge in [0.25, 0.3) is 0 Å². The lowest BCUT2D eigenvalue weighted by Gasteiger charge is -1.97. The molecule has 0 spiro atoms.